The van der Waals surface area contributed by atoms with Crippen LogP contribution in [0.4, 0.5) is 5.69 Å². The molecule has 1 aromatic carbocycles. The number of carbonyl (C=O) groups is 2. The van der Waals surface area contributed by atoms with Crippen LogP contribution in [0.25, 0.3) is 0 Å². The molecular formula is C36H49NO8. The van der Waals surface area contributed by atoms with Crippen molar-refractivity contribution in [2.24, 2.45) is 34.5 Å². The first-order valence-electron chi connectivity index (χ1n) is 16.9. The molecule has 3 saturated carbocycles. The van der Waals surface area contributed by atoms with Gasteiger partial charge < -0.3 is 19.3 Å². The number of carbonyl (C=O) groups excluding carboxylic acids is 2. The minimum absolute atomic E-state index is 0.00626. The molecule has 0 radical (unpaired) electrons. The predicted octanol–water partition coefficient (Wildman–Crippen LogP) is 6.95. The number of esters is 2. The third kappa shape index (κ3) is 5.03. The van der Waals surface area contributed by atoms with Crippen molar-refractivity contribution in [2.75, 3.05) is 0 Å². The minimum atomic E-state index is -1.40. The average Bonchev–Trinajstić information content (AvgIpc) is 3.60. The topological polar surface area (TPSA) is 128 Å². The molecule has 0 unspecified atom stereocenters. The van der Waals surface area contributed by atoms with Gasteiger partial charge in [0.2, 0.25) is 0 Å². The van der Waals surface area contributed by atoms with Gasteiger partial charge in [-0.3, -0.25) is 14.9 Å². The van der Waals surface area contributed by atoms with E-state index in [4.69, 9.17) is 14.2 Å². The molecule has 0 spiro atoms. The number of hydrogen-bond acceptors (Lipinski definition) is 8. The van der Waals surface area contributed by atoms with Gasteiger partial charge in [-0.1, -0.05) is 39.3 Å². The fourth-order valence-electron chi connectivity index (χ4n) is 10.3. The summed E-state index contributed by atoms with van der Waals surface area (Å²) in [4.78, 5) is 35.9. The van der Waals surface area contributed by atoms with Crippen molar-refractivity contribution in [3.63, 3.8) is 0 Å². The standard InChI is InChI=1S/C36H49NO8/c1-21(2)7-14-30-35(6,45-30)36(40)31(44-32(39)23-8-11-25(12-9-23)37(41)42)20-29-27-13-10-24-19-26(43-22(3)38)15-17-33(24,4)28(27)16-18-34(29,36)5/h8-12,21,26-31,40H,7,13-20H2,1-6H3/t26-,27+,28-,29-,30+,31-,33-,34-,35-,36+/m0/s1. The SMILES string of the molecule is CC(=O)O[C@H]1CC[C@@]2(C)C(=CC[C@@H]3[C@@H]2CC[C@@]2(C)[C@H]3C[C@H](OC(=O)c3ccc([N+](=O)[O-])cc3)[C@]2(O)[C@@]2(C)O[C@@H]2CCC(C)C)C1. The van der Waals surface area contributed by atoms with Crippen molar-refractivity contribution in [1.82, 2.24) is 0 Å². The monoisotopic (exact) mass is 623 g/mol. The molecule has 1 heterocycles. The molecule has 10 atom stereocenters. The van der Waals surface area contributed by atoms with E-state index in [2.05, 4.69) is 33.8 Å². The summed E-state index contributed by atoms with van der Waals surface area (Å²) in [6, 6.07) is 5.44. The second-order valence-corrected chi connectivity index (χ2v) is 15.6. The van der Waals surface area contributed by atoms with E-state index < -0.39 is 33.6 Å². The molecule has 9 heteroatoms. The van der Waals surface area contributed by atoms with Crippen LogP contribution in [0, 0.1) is 44.6 Å². The second-order valence-electron chi connectivity index (χ2n) is 15.6. The summed E-state index contributed by atoms with van der Waals surface area (Å²) in [6.07, 6.45) is 9.00. The molecule has 0 aromatic heterocycles. The number of allylic oxidation sites excluding steroid dienone is 1. The van der Waals surface area contributed by atoms with E-state index in [0.717, 1.165) is 51.4 Å². The molecule has 5 aliphatic rings. The Bertz CT molecular complexity index is 1390. The first-order chi connectivity index (χ1) is 21.1. The molecule has 1 aliphatic heterocycles. The number of nitrogens with zero attached hydrogens (tertiary/aromatic N) is 1. The maximum Gasteiger partial charge on any atom is 0.338 e. The van der Waals surface area contributed by atoms with Gasteiger partial charge >= 0.3 is 11.9 Å². The number of nitro benzene ring substituents is 1. The molecule has 1 saturated heterocycles. The Hall–Kier alpha value is -2.78. The van der Waals surface area contributed by atoms with Crippen molar-refractivity contribution in [3.05, 3.63) is 51.6 Å². The Labute approximate surface area is 266 Å². The fourth-order valence-corrected chi connectivity index (χ4v) is 10.3. The van der Waals surface area contributed by atoms with Crippen LogP contribution in [-0.2, 0) is 19.0 Å². The molecule has 9 nitrogen and oxygen atoms in total. The summed E-state index contributed by atoms with van der Waals surface area (Å²) in [6.45, 7) is 12.4. The van der Waals surface area contributed by atoms with Crippen molar-refractivity contribution in [3.8, 4) is 0 Å². The lowest BCUT2D eigenvalue weighted by Gasteiger charge is -2.59. The lowest BCUT2D eigenvalue weighted by molar-refractivity contribution is -0.384. The van der Waals surface area contributed by atoms with Crippen LogP contribution in [0.15, 0.2) is 35.9 Å². The summed E-state index contributed by atoms with van der Waals surface area (Å²) >= 11 is 0. The lowest BCUT2D eigenvalue weighted by atomic mass is 9.46. The van der Waals surface area contributed by atoms with Gasteiger partial charge in [0.25, 0.3) is 5.69 Å². The summed E-state index contributed by atoms with van der Waals surface area (Å²) < 4.78 is 18.3. The van der Waals surface area contributed by atoms with E-state index in [9.17, 15) is 24.8 Å². The zero-order valence-corrected chi connectivity index (χ0v) is 27.5. The van der Waals surface area contributed by atoms with Gasteiger partial charge in [0, 0.05) is 30.9 Å². The van der Waals surface area contributed by atoms with Crippen LogP contribution in [-0.4, -0.2) is 51.5 Å². The summed E-state index contributed by atoms with van der Waals surface area (Å²) in [5, 5.41) is 24.3. The van der Waals surface area contributed by atoms with Crippen LogP contribution >= 0.6 is 0 Å². The molecule has 6 rings (SSSR count). The molecule has 0 bridgehead atoms. The third-order valence-corrected chi connectivity index (χ3v) is 12.9. The summed E-state index contributed by atoms with van der Waals surface area (Å²) in [7, 11) is 0. The molecular weight excluding hydrogens is 574 g/mol. The number of rotatable bonds is 8. The number of aliphatic hydroxyl groups is 1. The quantitative estimate of drug-likeness (QED) is 0.108. The normalized spacial score (nSPS) is 41.7. The maximum absolute atomic E-state index is 13.6. The van der Waals surface area contributed by atoms with Crippen molar-refractivity contribution in [1.29, 1.82) is 0 Å². The maximum atomic E-state index is 13.6. The largest absolute Gasteiger partial charge is 0.462 e. The molecule has 1 N–H and O–H groups in total. The zero-order valence-electron chi connectivity index (χ0n) is 27.5. The van der Waals surface area contributed by atoms with Gasteiger partial charge in [0.15, 0.2) is 0 Å². The zero-order chi connectivity index (χ0) is 32.5. The fraction of sp³-hybridized carbons (Fsp3) is 0.722. The minimum Gasteiger partial charge on any atom is -0.462 e. The Morgan fingerprint density at radius 2 is 1.80 bits per heavy atom. The Morgan fingerprint density at radius 3 is 2.44 bits per heavy atom. The summed E-state index contributed by atoms with van der Waals surface area (Å²) in [5.41, 5.74) is -1.25. The number of nitro groups is 1. The molecule has 246 valence electrons. The van der Waals surface area contributed by atoms with Gasteiger partial charge in [0.05, 0.1) is 16.6 Å². The second kappa shape index (κ2) is 11.2. The predicted molar refractivity (Wildman–Crippen MR) is 167 cm³/mol. The molecule has 4 aliphatic carbocycles. The first kappa shape index (κ1) is 32.2. The van der Waals surface area contributed by atoms with Crippen molar-refractivity contribution in [2.45, 2.75) is 129 Å². The third-order valence-electron chi connectivity index (χ3n) is 12.9. The Morgan fingerprint density at radius 1 is 1.09 bits per heavy atom. The number of ether oxygens (including phenoxy) is 3. The van der Waals surface area contributed by atoms with Gasteiger partial charge in [0.1, 0.15) is 23.4 Å². The Kier molecular flexibility index (Phi) is 7.99. The number of non-ortho nitro benzene ring substituents is 1. The van der Waals surface area contributed by atoms with E-state index in [1.54, 1.807) is 0 Å². The number of benzene rings is 1. The number of hydrogen-bond donors (Lipinski definition) is 1. The molecule has 4 fully saturated rings. The smallest absolute Gasteiger partial charge is 0.338 e. The highest BCUT2D eigenvalue weighted by molar-refractivity contribution is 5.89. The van der Waals surface area contributed by atoms with Crippen molar-refractivity contribution < 1.29 is 33.8 Å². The highest BCUT2D eigenvalue weighted by Gasteiger charge is 2.80. The van der Waals surface area contributed by atoms with Gasteiger partial charge in [-0.25, -0.2) is 4.79 Å². The van der Waals surface area contributed by atoms with Gasteiger partial charge in [-0.05, 0) is 99.5 Å². The highest BCUT2D eigenvalue weighted by Crippen LogP contribution is 2.72. The van der Waals surface area contributed by atoms with E-state index in [1.807, 2.05) is 6.92 Å². The van der Waals surface area contributed by atoms with Crippen LogP contribution in [0.1, 0.15) is 110 Å². The molecule has 1 aromatic rings. The van der Waals surface area contributed by atoms with Gasteiger partial charge in [-0.15, -0.1) is 0 Å². The lowest BCUT2D eigenvalue weighted by Crippen LogP contribution is -2.64. The van der Waals surface area contributed by atoms with Crippen LogP contribution in [0.2, 0.25) is 0 Å². The van der Waals surface area contributed by atoms with E-state index >= 15 is 0 Å². The average molecular weight is 624 g/mol. The number of fused-ring (bicyclic) bond motifs is 5. The van der Waals surface area contributed by atoms with Crippen LogP contribution < -0.4 is 0 Å². The number of epoxide rings is 1. The van der Waals surface area contributed by atoms with Crippen molar-refractivity contribution >= 4 is 17.6 Å². The van der Waals surface area contributed by atoms with Crippen LogP contribution in [0.5, 0.6) is 0 Å². The first-order valence-corrected chi connectivity index (χ1v) is 16.9. The van der Waals surface area contributed by atoms with Gasteiger partial charge in [-0.2, -0.15) is 0 Å². The van der Waals surface area contributed by atoms with E-state index in [-0.39, 0.29) is 40.8 Å². The molecule has 45 heavy (non-hydrogen) atoms. The molecule has 0 amide bonds. The van der Waals surface area contributed by atoms with Crippen LogP contribution in [0.3, 0.4) is 0 Å². The highest BCUT2D eigenvalue weighted by atomic mass is 16.6. The Balaban J connectivity index is 1.31. The van der Waals surface area contributed by atoms with E-state index in [1.165, 1.54) is 36.8 Å². The summed E-state index contributed by atoms with van der Waals surface area (Å²) in [5.74, 6) is 0.542. The van der Waals surface area contributed by atoms with E-state index in [0.29, 0.717) is 24.2 Å².